The molecular weight excluding hydrogens is 252 g/mol. The highest BCUT2D eigenvalue weighted by Gasteiger charge is 2.26. The van der Waals surface area contributed by atoms with E-state index in [0.29, 0.717) is 25.6 Å². The van der Waals surface area contributed by atoms with E-state index in [2.05, 4.69) is 14.9 Å². The average Bonchev–Trinajstić information content (AvgIpc) is 2.38. The van der Waals surface area contributed by atoms with Gasteiger partial charge in [0.1, 0.15) is 0 Å². The smallest absolute Gasteiger partial charge is 0.279 e. The second kappa shape index (κ2) is 6.29. The first-order valence-corrected chi connectivity index (χ1v) is 8.16. The van der Waals surface area contributed by atoms with Gasteiger partial charge in [0.25, 0.3) is 10.2 Å². The molecule has 0 aliphatic carbocycles. The molecule has 2 N–H and O–H groups in total. The monoisotopic (exact) mass is 276 g/mol. The van der Waals surface area contributed by atoms with E-state index in [1.807, 2.05) is 7.05 Å². The van der Waals surface area contributed by atoms with Crippen molar-refractivity contribution in [3.63, 3.8) is 0 Å². The molecule has 2 aliphatic rings. The minimum absolute atomic E-state index is 0.480. The van der Waals surface area contributed by atoms with Gasteiger partial charge in [-0.2, -0.15) is 12.7 Å². The zero-order valence-electron chi connectivity index (χ0n) is 11.1. The molecule has 0 radical (unpaired) electrons. The molecule has 18 heavy (non-hydrogen) atoms. The number of likely N-dealkylation sites (N-methyl/N-ethyl adjacent to an activating group) is 1. The molecule has 2 rings (SSSR count). The molecule has 2 aliphatic heterocycles. The Balaban J connectivity index is 1.79. The van der Waals surface area contributed by atoms with Crippen LogP contribution in [-0.2, 0) is 10.2 Å². The van der Waals surface area contributed by atoms with Crippen LogP contribution in [0.25, 0.3) is 0 Å². The van der Waals surface area contributed by atoms with E-state index in [1.165, 1.54) is 0 Å². The Labute approximate surface area is 110 Å². The maximum atomic E-state index is 12.1. The van der Waals surface area contributed by atoms with Gasteiger partial charge in [0.05, 0.1) is 0 Å². The standard InChI is InChI=1S/C11H24N4O2S/c1-14-6-8-15(9-7-14)18(16,17)13-10-11-2-4-12-5-3-11/h11-13H,2-10H2,1H3. The summed E-state index contributed by atoms with van der Waals surface area (Å²) in [6.07, 6.45) is 2.12. The Morgan fingerprint density at radius 1 is 1.17 bits per heavy atom. The number of nitrogens with zero attached hydrogens (tertiary/aromatic N) is 2. The Bertz CT molecular complexity index is 346. The van der Waals surface area contributed by atoms with Crippen molar-refractivity contribution in [2.75, 3.05) is 52.9 Å². The lowest BCUT2D eigenvalue weighted by Crippen LogP contribution is -2.51. The van der Waals surface area contributed by atoms with Crippen molar-refractivity contribution in [1.82, 2.24) is 19.2 Å². The van der Waals surface area contributed by atoms with Crippen molar-refractivity contribution < 1.29 is 8.42 Å². The molecule has 0 aromatic heterocycles. The molecule has 106 valence electrons. The maximum absolute atomic E-state index is 12.1. The Kier molecular flexibility index (Phi) is 4.97. The van der Waals surface area contributed by atoms with Crippen molar-refractivity contribution >= 4 is 10.2 Å². The number of nitrogens with one attached hydrogen (secondary N) is 2. The lowest BCUT2D eigenvalue weighted by Gasteiger charge is -2.32. The summed E-state index contributed by atoms with van der Waals surface area (Å²) in [5.41, 5.74) is 0. The van der Waals surface area contributed by atoms with Crippen molar-refractivity contribution in [1.29, 1.82) is 0 Å². The summed E-state index contributed by atoms with van der Waals surface area (Å²) in [6.45, 7) is 5.40. The number of piperidine rings is 1. The van der Waals surface area contributed by atoms with Crippen LogP contribution in [0.3, 0.4) is 0 Å². The third-order valence-corrected chi connectivity index (χ3v) is 5.39. The largest absolute Gasteiger partial charge is 0.317 e. The second-order valence-electron chi connectivity index (χ2n) is 5.25. The lowest BCUT2D eigenvalue weighted by atomic mass is 9.99. The molecule has 2 fully saturated rings. The topological polar surface area (TPSA) is 64.7 Å². The SMILES string of the molecule is CN1CCN(S(=O)(=O)NCC2CCNCC2)CC1. The highest BCUT2D eigenvalue weighted by molar-refractivity contribution is 7.87. The fourth-order valence-corrected chi connectivity index (χ4v) is 3.70. The summed E-state index contributed by atoms with van der Waals surface area (Å²) in [6, 6.07) is 0. The van der Waals surface area contributed by atoms with Crippen LogP contribution in [0.15, 0.2) is 0 Å². The molecule has 0 aromatic rings. The Morgan fingerprint density at radius 3 is 2.39 bits per heavy atom. The predicted octanol–water partition coefficient (Wildman–Crippen LogP) is -0.932. The molecule has 0 atom stereocenters. The highest BCUT2D eigenvalue weighted by Crippen LogP contribution is 2.11. The van der Waals surface area contributed by atoms with Gasteiger partial charge in [0.2, 0.25) is 0 Å². The minimum Gasteiger partial charge on any atom is -0.317 e. The second-order valence-corrected chi connectivity index (χ2v) is 7.00. The van der Waals surface area contributed by atoms with Crippen molar-refractivity contribution in [3.05, 3.63) is 0 Å². The fourth-order valence-electron chi connectivity index (χ4n) is 2.43. The van der Waals surface area contributed by atoms with Crippen molar-refractivity contribution in [3.8, 4) is 0 Å². The van der Waals surface area contributed by atoms with Crippen LogP contribution in [0, 0.1) is 5.92 Å². The zero-order chi connectivity index (χ0) is 13.0. The summed E-state index contributed by atoms with van der Waals surface area (Å²) in [5.74, 6) is 0.480. The number of hydrogen-bond donors (Lipinski definition) is 2. The Morgan fingerprint density at radius 2 is 1.78 bits per heavy atom. The van der Waals surface area contributed by atoms with Gasteiger partial charge in [-0.1, -0.05) is 0 Å². The van der Waals surface area contributed by atoms with Gasteiger partial charge >= 0.3 is 0 Å². The summed E-state index contributed by atoms with van der Waals surface area (Å²) in [5, 5.41) is 3.29. The van der Waals surface area contributed by atoms with E-state index in [-0.39, 0.29) is 0 Å². The van der Waals surface area contributed by atoms with Crippen LogP contribution in [0.1, 0.15) is 12.8 Å². The van der Waals surface area contributed by atoms with E-state index >= 15 is 0 Å². The molecule has 0 amide bonds. The average molecular weight is 276 g/mol. The zero-order valence-corrected chi connectivity index (χ0v) is 11.9. The van der Waals surface area contributed by atoms with Gasteiger partial charge in [-0.25, -0.2) is 4.72 Å². The molecule has 2 heterocycles. The molecule has 0 bridgehead atoms. The molecule has 0 spiro atoms. The highest BCUT2D eigenvalue weighted by atomic mass is 32.2. The van der Waals surface area contributed by atoms with Gasteiger partial charge in [-0.3, -0.25) is 0 Å². The van der Waals surface area contributed by atoms with E-state index in [0.717, 1.165) is 39.0 Å². The number of rotatable bonds is 4. The van der Waals surface area contributed by atoms with Crippen LogP contribution in [0.5, 0.6) is 0 Å². The first kappa shape index (κ1) is 14.2. The molecule has 0 aromatic carbocycles. The minimum atomic E-state index is -3.27. The molecule has 0 unspecified atom stereocenters. The lowest BCUT2D eigenvalue weighted by molar-refractivity contribution is 0.220. The summed E-state index contributed by atoms with van der Waals surface area (Å²) >= 11 is 0. The summed E-state index contributed by atoms with van der Waals surface area (Å²) in [4.78, 5) is 2.15. The van der Waals surface area contributed by atoms with E-state index < -0.39 is 10.2 Å². The Hall–Kier alpha value is -0.210. The van der Waals surface area contributed by atoms with Gasteiger partial charge in [0.15, 0.2) is 0 Å². The molecule has 0 saturated carbocycles. The first-order valence-electron chi connectivity index (χ1n) is 6.72. The third kappa shape index (κ3) is 3.89. The van der Waals surface area contributed by atoms with Crippen LogP contribution in [0.2, 0.25) is 0 Å². The van der Waals surface area contributed by atoms with Crippen LogP contribution in [0.4, 0.5) is 0 Å². The van der Waals surface area contributed by atoms with E-state index in [1.54, 1.807) is 4.31 Å². The first-order chi connectivity index (χ1) is 8.58. The van der Waals surface area contributed by atoms with Gasteiger partial charge in [0, 0.05) is 32.7 Å². The molecule has 2 saturated heterocycles. The predicted molar refractivity (Wildman–Crippen MR) is 71.6 cm³/mol. The number of hydrogen-bond acceptors (Lipinski definition) is 4. The maximum Gasteiger partial charge on any atom is 0.279 e. The molecular formula is C11H24N4O2S. The summed E-state index contributed by atoms with van der Waals surface area (Å²) < 4.78 is 28.6. The van der Waals surface area contributed by atoms with Gasteiger partial charge in [-0.15, -0.1) is 0 Å². The normalized spacial score (nSPS) is 25.4. The number of piperazine rings is 1. The van der Waals surface area contributed by atoms with Crippen LogP contribution < -0.4 is 10.0 Å². The van der Waals surface area contributed by atoms with Gasteiger partial charge < -0.3 is 10.2 Å². The van der Waals surface area contributed by atoms with Crippen LogP contribution >= 0.6 is 0 Å². The van der Waals surface area contributed by atoms with Crippen molar-refractivity contribution in [2.24, 2.45) is 5.92 Å². The van der Waals surface area contributed by atoms with Crippen LogP contribution in [-0.4, -0.2) is 70.5 Å². The van der Waals surface area contributed by atoms with E-state index in [9.17, 15) is 8.42 Å². The summed E-state index contributed by atoms with van der Waals surface area (Å²) in [7, 11) is -1.25. The molecule has 6 nitrogen and oxygen atoms in total. The quantitative estimate of drug-likeness (QED) is 0.696. The fraction of sp³-hybridized carbons (Fsp3) is 1.00. The third-order valence-electron chi connectivity index (χ3n) is 3.82. The van der Waals surface area contributed by atoms with Gasteiger partial charge in [-0.05, 0) is 38.9 Å². The molecule has 7 heteroatoms. The van der Waals surface area contributed by atoms with Crippen molar-refractivity contribution in [2.45, 2.75) is 12.8 Å². The van der Waals surface area contributed by atoms with E-state index in [4.69, 9.17) is 0 Å².